The van der Waals surface area contributed by atoms with Crippen LogP contribution in [0.1, 0.15) is 25.7 Å². The van der Waals surface area contributed by atoms with E-state index in [1.165, 1.54) is 13.3 Å². The minimum absolute atomic E-state index is 0.0949. The summed E-state index contributed by atoms with van der Waals surface area (Å²) in [6, 6.07) is -0.221. The average Bonchev–Trinajstić information content (AvgIpc) is 3.28. The number of hydrogen-bond acceptors (Lipinski definition) is 5. The lowest BCUT2D eigenvalue weighted by Gasteiger charge is -2.32. The van der Waals surface area contributed by atoms with Gasteiger partial charge in [-0.25, -0.2) is 16.8 Å². The Morgan fingerprint density at radius 3 is 2.15 bits per heavy atom. The van der Waals surface area contributed by atoms with Crippen LogP contribution in [0.5, 0.6) is 0 Å². The van der Waals surface area contributed by atoms with Gasteiger partial charge in [0.15, 0.2) is 5.96 Å². The topological polar surface area (TPSA) is 108 Å². The van der Waals surface area contributed by atoms with Crippen molar-refractivity contribution in [2.45, 2.75) is 37.2 Å². The molecule has 2 aliphatic rings. The Morgan fingerprint density at radius 2 is 1.74 bits per heavy atom. The Kier molecular flexibility index (Phi) is 6.37. The first kappa shape index (κ1) is 22.2. The van der Waals surface area contributed by atoms with Crippen molar-refractivity contribution >= 4 is 25.8 Å². The zero-order chi connectivity index (χ0) is 20.5. The highest BCUT2D eigenvalue weighted by Gasteiger charge is 2.50. The van der Waals surface area contributed by atoms with Crippen molar-refractivity contribution in [1.29, 1.82) is 0 Å². The molecule has 1 heterocycles. The number of nitrogens with zero attached hydrogens (tertiary/aromatic N) is 2. The zero-order valence-corrected chi connectivity index (χ0v) is 16.8. The molecule has 0 bridgehead atoms. The quantitative estimate of drug-likeness (QED) is 0.460. The van der Waals surface area contributed by atoms with Crippen LogP contribution in [0.25, 0.3) is 0 Å². The van der Waals surface area contributed by atoms with Crippen LogP contribution >= 0.6 is 0 Å². The van der Waals surface area contributed by atoms with Crippen LogP contribution in [0.2, 0.25) is 0 Å². The molecule has 2 N–H and O–H groups in total. The molecule has 1 saturated carbocycles. The fourth-order valence-corrected chi connectivity index (χ4v) is 5.64. The van der Waals surface area contributed by atoms with Gasteiger partial charge in [0.25, 0.3) is 0 Å². The van der Waals surface area contributed by atoms with Crippen LogP contribution in [-0.4, -0.2) is 77.3 Å². The van der Waals surface area contributed by atoms with E-state index in [4.69, 9.17) is 0 Å². The summed E-state index contributed by atoms with van der Waals surface area (Å²) in [4.78, 5) is 4.05. The van der Waals surface area contributed by atoms with Gasteiger partial charge in [0.05, 0.1) is 5.75 Å². The fraction of sp³-hybridized carbons (Fsp3) is 0.929. The lowest BCUT2D eigenvalue weighted by atomic mass is 10.1. The highest BCUT2D eigenvalue weighted by Crippen LogP contribution is 2.46. The molecule has 2 fully saturated rings. The molecule has 8 nitrogen and oxygen atoms in total. The van der Waals surface area contributed by atoms with Gasteiger partial charge in [-0.2, -0.15) is 17.5 Å². The largest absolute Gasteiger partial charge is 0.511 e. The van der Waals surface area contributed by atoms with Gasteiger partial charge in [0.2, 0.25) is 0 Å². The monoisotopic (exact) mass is 434 g/mol. The maximum absolute atomic E-state index is 12.6. The Hall–Kier alpha value is -1.08. The molecule has 0 atom stereocenters. The first-order chi connectivity index (χ1) is 12.3. The first-order valence-corrected chi connectivity index (χ1v) is 12.0. The van der Waals surface area contributed by atoms with E-state index < -0.39 is 25.4 Å². The molecular formula is C14H25F3N4O4S2. The molecule has 0 spiro atoms. The zero-order valence-electron chi connectivity index (χ0n) is 15.2. The molecule has 1 aliphatic carbocycles. The van der Waals surface area contributed by atoms with Crippen LogP contribution in [0.4, 0.5) is 13.2 Å². The maximum atomic E-state index is 12.6. The highest BCUT2D eigenvalue weighted by atomic mass is 32.2. The van der Waals surface area contributed by atoms with E-state index in [0.717, 1.165) is 12.8 Å². The van der Waals surface area contributed by atoms with Crippen LogP contribution in [0.15, 0.2) is 4.99 Å². The first-order valence-electron chi connectivity index (χ1n) is 8.49. The van der Waals surface area contributed by atoms with E-state index >= 15 is 0 Å². The van der Waals surface area contributed by atoms with E-state index in [1.807, 2.05) is 0 Å². The van der Waals surface area contributed by atoms with Crippen molar-refractivity contribution in [3.8, 4) is 0 Å². The molecule has 0 radical (unpaired) electrons. The summed E-state index contributed by atoms with van der Waals surface area (Å²) < 4.78 is 84.1. The smallest absolute Gasteiger partial charge is 0.356 e. The minimum Gasteiger partial charge on any atom is -0.356 e. The molecule has 0 aromatic carbocycles. The molecular weight excluding hydrogens is 409 g/mol. The molecule has 0 unspecified atom stereocenters. The van der Waals surface area contributed by atoms with Crippen molar-refractivity contribution in [2.75, 3.05) is 38.7 Å². The summed E-state index contributed by atoms with van der Waals surface area (Å²) >= 11 is 0. The minimum atomic E-state index is -5.29. The number of halogens is 3. The molecule has 2 rings (SSSR count). The normalized spacial score (nSPS) is 22.5. The second-order valence-corrected chi connectivity index (χ2v) is 11.3. The summed E-state index contributed by atoms with van der Waals surface area (Å²) in [5.74, 6) is 0.518. The number of rotatable bonds is 6. The van der Waals surface area contributed by atoms with Crippen LogP contribution in [-0.2, 0) is 19.9 Å². The average molecular weight is 435 g/mol. The Bertz CT molecular complexity index is 769. The Balaban J connectivity index is 1.84. The second kappa shape index (κ2) is 7.74. The molecule has 158 valence electrons. The third-order valence-electron chi connectivity index (χ3n) is 4.81. The summed E-state index contributed by atoms with van der Waals surface area (Å²) in [6.07, 6.45) is 3.23. The number of nitrogens with one attached hydrogen (secondary N) is 2. The van der Waals surface area contributed by atoms with Gasteiger partial charge in [0, 0.05) is 44.4 Å². The van der Waals surface area contributed by atoms with Gasteiger partial charge in [-0.15, -0.1) is 0 Å². The van der Waals surface area contributed by atoms with Crippen LogP contribution < -0.4 is 10.6 Å². The molecule has 0 amide bonds. The SMILES string of the molecule is CN=C(NCC1(CS(C)(=O)=O)CC1)NC1CCN(S(=O)(=O)C(F)(F)F)CC1. The number of guanidine groups is 1. The lowest BCUT2D eigenvalue weighted by Crippen LogP contribution is -2.52. The number of sulfonamides is 1. The van der Waals surface area contributed by atoms with Crippen molar-refractivity contribution < 1.29 is 30.0 Å². The third kappa shape index (κ3) is 5.95. The van der Waals surface area contributed by atoms with Crippen LogP contribution in [0.3, 0.4) is 0 Å². The molecule has 1 aliphatic heterocycles. The van der Waals surface area contributed by atoms with E-state index in [9.17, 15) is 30.0 Å². The van der Waals surface area contributed by atoms with E-state index in [-0.39, 0.29) is 43.1 Å². The Morgan fingerprint density at radius 1 is 1.19 bits per heavy atom. The second-order valence-electron chi connectivity index (χ2n) is 7.26. The van der Waals surface area contributed by atoms with E-state index in [2.05, 4.69) is 15.6 Å². The van der Waals surface area contributed by atoms with Crippen molar-refractivity contribution in [3.63, 3.8) is 0 Å². The Labute approximate surface area is 157 Å². The summed E-state index contributed by atoms with van der Waals surface area (Å²) in [7, 11) is -6.84. The third-order valence-corrected chi connectivity index (χ3v) is 7.57. The number of hydrogen-bond donors (Lipinski definition) is 2. The van der Waals surface area contributed by atoms with Gasteiger partial charge >= 0.3 is 15.5 Å². The number of alkyl halides is 3. The highest BCUT2D eigenvalue weighted by molar-refractivity contribution is 7.90. The molecule has 27 heavy (non-hydrogen) atoms. The summed E-state index contributed by atoms with van der Waals surface area (Å²) in [5, 5.41) is 6.14. The van der Waals surface area contributed by atoms with E-state index in [0.29, 0.717) is 16.8 Å². The predicted octanol–water partition coefficient (Wildman–Crippen LogP) is 0.290. The summed E-state index contributed by atoms with van der Waals surface area (Å²) in [6.45, 7) is -0.0237. The van der Waals surface area contributed by atoms with Gasteiger partial charge in [0.1, 0.15) is 9.84 Å². The standard InChI is InChI=1S/C14H25F3N4O4S2/c1-18-12(19-9-13(5-6-13)10-26(2,22)23)20-11-3-7-21(8-4-11)27(24,25)14(15,16)17/h11H,3-10H2,1-2H3,(H2,18,19,20). The predicted molar refractivity (Wildman–Crippen MR) is 95.4 cm³/mol. The number of aliphatic imine (C=N–C) groups is 1. The number of piperidine rings is 1. The van der Waals surface area contributed by atoms with Crippen molar-refractivity contribution in [2.24, 2.45) is 10.4 Å². The van der Waals surface area contributed by atoms with Gasteiger partial charge in [-0.05, 0) is 25.7 Å². The van der Waals surface area contributed by atoms with Gasteiger partial charge in [-0.3, -0.25) is 4.99 Å². The van der Waals surface area contributed by atoms with Crippen molar-refractivity contribution in [1.82, 2.24) is 14.9 Å². The van der Waals surface area contributed by atoms with Gasteiger partial charge in [-0.1, -0.05) is 0 Å². The van der Waals surface area contributed by atoms with Crippen LogP contribution in [0, 0.1) is 5.41 Å². The molecule has 1 saturated heterocycles. The molecule has 13 heteroatoms. The summed E-state index contributed by atoms with van der Waals surface area (Å²) in [5.41, 5.74) is -5.58. The van der Waals surface area contributed by atoms with E-state index in [1.54, 1.807) is 0 Å². The molecule has 0 aromatic heterocycles. The fourth-order valence-electron chi connectivity index (χ4n) is 3.15. The lowest BCUT2D eigenvalue weighted by molar-refractivity contribution is -0.0494. The van der Waals surface area contributed by atoms with Gasteiger partial charge < -0.3 is 10.6 Å². The maximum Gasteiger partial charge on any atom is 0.511 e. The number of sulfone groups is 1. The van der Waals surface area contributed by atoms with Crippen molar-refractivity contribution in [3.05, 3.63) is 0 Å². The molecule has 0 aromatic rings.